The summed E-state index contributed by atoms with van der Waals surface area (Å²) < 4.78 is 9.50. The molecule has 0 bridgehead atoms. The topological polar surface area (TPSA) is 52.6 Å². The van der Waals surface area contributed by atoms with Crippen LogP contribution in [0.15, 0.2) is 30.3 Å². The Bertz CT molecular complexity index is 372. The maximum absolute atomic E-state index is 11.4. The average molecular weight is 236 g/mol. The normalized spacial score (nSPS) is 11.6. The molecule has 1 aromatic rings. The third kappa shape index (κ3) is 4.68. The summed E-state index contributed by atoms with van der Waals surface area (Å²) in [6.45, 7) is 1.28. The second-order valence-electron chi connectivity index (χ2n) is 3.65. The molecule has 1 atom stereocenters. The van der Waals surface area contributed by atoms with Crippen molar-refractivity contribution in [2.75, 3.05) is 7.11 Å². The van der Waals surface area contributed by atoms with Crippen molar-refractivity contribution in [2.45, 2.75) is 25.9 Å². The Morgan fingerprint density at radius 2 is 1.88 bits per heavy atom. The zero-order valence-electron chi connectivity index (χ0n) is 10.0. The van der Waals surface area contributed by atoms with E-state index in [-0.39, 0.29) is 0 Å². The van der Waals surface area contributed by atoms with E-state index in [4.69, 9.17) is 4.74 Å². The van der Waals surface area contributed by atoms with Crippen molar-refractivity contribution in [3.8, 4) is 0 Å². The number of hydrogen-bond acceptors (Lipinski definition) is 4. The molecule has 17 heavy (non-hydrogen) atoms. The first kappa shape index (κ1) is 13.2. The fourth-order valence-corrected chi connectivity index (χ4v) is 1.50. The summed E-state index contributed by atoms with van der Waals surface area (Å²) in [4.78, 5) is 22.2. The number of ether oxygens (including phenoxy) is 2. The minimum Gasteiger partial charge on any atom is -0.466 e. The van der Waals surface area contributed by atoms with E-state index in [0.29, 0.717) is 12.8 Å². The minimum absolute atomic E-state index is 0.427. The highest BCUT2D eigenvalue weighted by atomic mass is 16.6. The molecule has 1 rings (SSSR count). The molecular formula is C13H16O4. The van der Waals surface area contributed by atoms with E-state index < -0.39 is 18.0 Å². The number of esters is 2. The molecule has 0 amide bonds. The lowest BCUT2D eigenvalue weighted by atomic mass is 10.1. The van der Waals surface area contributed by atoms with Gasteiger partial charge in [0.15, 0.2) is 6.10 Å². The van der Waals surface area contributed by atoms with Crippen LogP contribution in [0, 0.1) is 0 Å². The van der Waals surface area contributed by atoms with Gasteiger partial charge in [-0.3, -0.25) is 4.79 Å². The van der Waals surface area contributed by atoms with Gasteiger partial charge in [-0.1, -0.05) is 30.3 Å². The van der Waals surface area contributed by atoms with Crippen LogP contribution in [-0.4, -0.2) is 25.2 Å². The molecule has 0 saturated heterocycles. The molecule has 0 spiro atoms. The van der Waals surface area contributed by atoms with Crippen molar-refractivity contribution in [3.63, 3.8) is 0 Å². The smallest absolute Gasteiger partial charge is 0.347 e. The van der Waals surface area contributed by atoms with Crippen LogP contribution in [0.5, 0.6) is 0 Å². The molecule has 0 saturated carbocycles. The lowest BCUT2D eigenvalue weighted by Gasteiger charge is -2.14. The third-order valence-corrected chi connectivity index (χ3v) is 2.31. The first-order valence-electron chi connectivity index (χ1n) is 5.42. The lowest BCUT2D eigenvalue weighted by Crippen LogP contribution is -2.28. The summed E-state index contributed by atoms with van der Waals surface area (Å²) in [7, 11) is 1.28. The van der Waals surface area contributed by atoms with Gasteiger partial charge in [0, 0.05) is 6.92 Å². The molecule has 4 heteroatoms. The van der Waals surface area contributed by atoms with Crippen LogP contribution in [0.3, 0.4) is 0 Å². The largest absolute Gasteiger partial charge is 0.466 e. The fourth-order valence-electron chi connectivity index (χ4n) is 1.50. The first-order chi connectivity index (χ1) is 8.13. The monoisotopic (exact) mass is 236 g/mol. The second kappa shape index (κ2) is 6.68. The predicted octanol–water partition coefficient (Wildman–Crippen LogP) is 1.72. The molecule has 0 N–H and O–H groups in total. The Hall–Kier alpha value is -1.84. The van der Waals surface area contributed by atoms with Crippen molar-refractivity contribution in [3.05, 3.63) is 35.9 Å². The van der Waals surface area contributed by atoms with Crippen LogP contribution >= 0.6 is 0 Å². The Kier molecular flexibility index (Phi) is 5.20. The number of aryl methyl sites for hydroxylation is 1. The molecule has 1 unspecified atom stereocenters. The van der Waals surface area contributed by atoms with Crippen molar-refractivity contribution in [1.82, 2.24) is 0 Å². The highest BCUT2D eigenvalue weighted by Gasteiger charge is 2.21. The number of rotatable bonds is 5. The van der Waals surface area contributed by atoms with Gasteiger partial charge in [-0.05, 0) is 18.4 Å². The average Bonchev–Trinajstić information content (AvgIpc) is 2.34. The maximum atomic E-state index is 11.4. The number of methoxy groups -OCH3 is 1. The predicted molar refractivity (Wildman–Crippen MR) is 62.3 cm³/mol. The molecule has 0 aromatic heterocycles. The molecule has 0 aliphatic rings. The lowest BCUT2D eigenvalue weighted by molar-refractivity contribution is -0.165. The molecule has 0 radical (unpaired) electrons. The molecule has 0 heterocycles. The summed E-state index contributed by atoms with van der Waals surface area (Å²) in [5.74, 6) is -0.996. The van der Waals surface area contributed by atoms with E-state index in [9.17, 15) is 9.59 Å². The van der Waals surface area contributed by atoms with Crippen molar-refractivity contribution >= 4 is 11.9 Å². The molecule has 0 aliphatic heterocycles. The van der Waals surface area contributed by atoms with Gasteiger partial charge < -0.3 is 9.47 Å². The molecule has 1 aromatic carbocycles. The van der Waals surface area contributed by atoms with E-state index in [1.54, 1.807) is 0 Å². The molecule has 4 nitrogen and oxygen atoms in total. The molecule has 0 fully saturated rings. The second-order valence-corrected chi connectivity index (χ2v) is 3.65. The fraction of sp³-hybridized carbons (Fsp3) is 0.385. The first-order valence-corrected chi connectivity index (χ1v) is 5.42. The van der Waals surface area contributed by atoms with E-state index in [1.165, 1.54) is 14.0 Å². The van der Waals surface area contributed by atoms with Crippen LogP contribution in [0.2, 0.25) is 0 Å². The van der Waals surface area contributed by atoms with Crippen molar-refractivity contribution < 1.29 is 19.1 Å². The Morgan fingerprint density at radius 3 is 2.41 bits per heavy atom. The van der Waals surface area contributed by atoms with E-state index in [2.05, 4.69) is 4.74 Å². The number of benzene rings is 1. The zero-order chi connectivity index (χ0) is 12.7. The quantitative estimate of drug-likeness (QED) is 0.730. The van der Waals surface area contributed by atoms with E-state index >= 15 is 0 Å². The maximum Gasteiger partial charge on any atom is 0.347 e. The van der Waals surface area contributed by atoms with Crippen LogP contribution in [-0.2, 0) is 25.5 Å². The Balaban J connectivity index is 2.55. The van der Waals surface area contributed by atoms with Gasteiger partial charge in [0.1, 0.15) is 0 Å². The summed E-state index contributed by atoms with van der Waals surface area (Å²) in [5.41, 5.74) is 1.09. The Labute approximate surface area is 101 Å². The van der Waals surface area contributed by atoms with Crippen molar-refractivity contribution in [1.29, 1.82) is 0 Å². The van der Waals surface area contributed by atoms with Crippen molar-refractivity contribution in [2.24, 2.45) is 0 Å². The summed E-state index contributed by atoms with van der Waals surface area (Å²) in [6, 6.07) is 9.69. The van der Waals surface area contributed by atoms with Gasteiger partial charge in [0.2, 0.25) is 0 Å². The summed E-state index contributed by atoms with van der Waals surface area (Å²) >= 11 is 0. The Morgan fingerprint density at radius 1 is 1.24 bits per heavy atom. The molecular weight excluding hydrogens is 220 g/mol. The van der Waals surface area contributed by atoms with Crippen LogP contribution < -0.4 is 0 Å². The molecule has 92 valence electrons. The minimum atomic E-state index is -0.822. The van der Waals surface area contributed by atoms with Crippen LogP contribution in [0.1, 0.15) is 18.9 Å². The van der Waals surface area contributed by atoms with Gasteiger partial charge in [0.25, 0.3) is 0 Å². The van der Waals surface area contributed by atoms with Gasteiger partial charge in [-0.25, -0.2) is 4.79 Å². The number of hydrogen-bond donors (Lipinski definition) is 0. The van der Waals surface area contributed by atoms with E-state index in [1.807, 2.05) is 30.3 Å². The van der Waals surface area contributed by atoms with E-state index in [0.717, 1.165) is 5.56 Å². The number of carbonyl (C=O) groups excluding carboxylic acids is 2. The SMILES string of the molecule is COC(=O)C(CCc1ccccc1)OC(C)=O. The number of carbonyl (C=O) groups is 2. The zero-order valence-corrected chi connectivity index (χ0v) is 10.0. The van der Waals surface area contributed by atoms with Crippen LogP contribution in [0.25, 0.3) is 0 Å². The third-order valence-electron chi connectivity index (χ3n) is 2.31. The summed E-state index contributed by atoms with van der Waals surface area (Å²) in [6.07, 6.45) is 0.266. The standard InChI is InChI=1S/C13H16O4/c1-10(14)17-12(13(15)16-2)9-8-11-6-4-3-5-7-11/h3-7,12H,8-9H2,1-2H3. The highest BCUT2D eigenvalue weighted by Crippen LogP contribution is 2.09. The van der Waals surface area contributed by atoms with Gasteiger partial charge in [-0.15, -0.1) is 0 Å². The van der Waals surface area contributed by atoms with Crippen LogP contribution in [0.4, 0.5) is 0 Å². The summed E-state index contributed by atoms with van der Waals surface area (Å²) in [5, 5.41) is 0. The molecule has 0 aliphatic carbocycles. The van der Waals surface area contributed by atoms with Gasteiger partial charge in [0.05, 0.1) is 7.11 Å². The highest BCUT2D eigenvalue weighted by molar-refractivity contribution is 5.78. The van der Waals surface area contributed by atoms with Gasteiger partial charge >= 0.3 is 11.9 Å². The van der Waals surface area contributed by atoms with Gasteiger partial charge in [-0.2, -0.15) is 0 Å².